The molecule has 0 aliphatic carbocycles. The van der Waals surface area contributed by atoms with Crippen LogP contribution in [0, 0.1) is 5.16 Å². The first kappa shape index (κ1) is 9.33. The van der Waals surface area contributed by atoms with Crippen molar-refractivity contribution in [3.63, 3.8) is 0 Å². The Kier molecular flexibility index (Phi) is 3.19. The van der Waals surface area contributed by atoms with E-state index in [1.54, 1.807) is 12.1 Å². The Labute approximate surface area is 82.2 Å². The number of nitrogens with one attached hydrogen (secondary N) is 1. The summed E-state index contributed by atoms with van der Waals surface area (Å²) in [7, 11) is -2.01. The second-order valence-electron chi connectivity index (χ2n) is 1.87. The molecule has 58 valence electrons. The lowest BCUT2D eigenvalue weighted by Crippen LogP contribution is -2.05. The van der Waals surface area contributed by atoms with E-state index in [0.717, 1.165) is 4.47 Å². The standard InChI is InChI=1S/C6H4Br2NOP/c7-4-2-1-3-5(6(4)8)11(9)10/h1-3,9H. The molecular formula is C6H4Br2NOP. The Hall–Kier alpha value is 0.240. The van der Waals surface area contributed by atoms with Gasteiger partial charge in [0.1, 0.15) is 0 Å². The summed E-state index contributed by atoms with van der Waals surface area (Å²) in [5.41, 5.74) is 0. The summed E-state index contributed by atoms with van der Waals surface area (Å²) >= 11 is 6.49. The van der Waals surface area contributed by atoms with E-state index in [1.807, 2.05) is 6.07 Å². The van der Waals surface area contributed by atoms with Crippen LogP contribution < -0.4 is 10.2 Å². The van der Waals surface area contributed by atoms with Gasteiger partial charge >= 0.3 is 0 Å². The van der Waals surface area contributed by atoms with Crippen LogP contribution in [0.5, 0.6) is 0 Å². The van der Waals surface area contributed by atoms with Gasteiger partial charge in [-0.05, 0) is 44.0 Å². The minimum atomic E-state index is -2.01. The zero-order valence-electron chi connectivity index (χ0n) is 5.34. The molecule has 0 aliphatic heterocycles. The van der Waals surface area contributed by atoms with Gasteiger partial charge in [-0.1, -0.05) is 6.07 Å². The molecule has 1 atom stereocenters. The summed E-state index contributed by atoms with van der Waals surface area (Å²) in [4.78, 5) is 10.8. The molecule has 2 nitrogen and oxygen atoms in total. The summed E-state index contributed by atoms with van der Waals surface area (Å²) < 4.78 is 1.53. The van der Waals surface area contributed by atoms with E-state index < -0.39 is 7.94 Å². The van der Waals surface area contributed by atoms with Crippen molar-refractivity contribution in [2.45, 2.75) is 0 Å². The van der Waals surface area contributed by atoms with E-state index in [0.29, 0.717) is 9.78 Å². The fraction of sp³-hybridized carbons (Fsp3) is 0. The number of hydrogen-bond donors (Lipinski definition) is 1. The van der Waals surface area contributed by atoms with E-state index >= 15 is 0 Å². The van der Waals surface area contributed by atoms with E-state index in [4.69, 9.17) is 5.16 Å². The molecule has 0 amide bonds. The van der Waals surface area contributed by atoms with E-state index in [-0.39, 0.29) is 0 Å². The van der Waals surface area contributed by atoms with Crippen LogP contribution in [0.4, 0.5) is 0 Å². The summed E-state index contributed by atoms with van der Waals surface area (Å²) in [5, 5.41) is 7.54. The van der Waals surface area contributed by atoms with Crippen molar-refractivity contribution in [2.75, 3.05) is 0 Å². The van der Waals surface area contributed by atoms with Crippen LogP contribution in [0.2, 0.25) is 0 Å². The average Bonchev–Trinajstić information content (AvgIpc) is 1.94. The van der Waals surface area contributed by atoms with Gasteiger partial charge in [0.05, 0.1) is 4.47 Å². The van der Waals surface area contributed by atoms with Gasteiger partial charge in [0.25, 0.3) is 0 Å². The maximum Gasteiger partial charge on any atom is 0.200 e. The lowest BCUT2D eigenvalue weighted by molar-refractivity contribution is -0.153. The highest BCUT2D eigenvalue weighted by atomic mass is 79.9. The van der Waals surface area contributed by atoms with Crippen LogP contribution in [-0.2, 0) is 0 Å². The molecule has 0 radical (unpaired) electrons. The van der Waals surface area contributed by atoms with E-state index in [1.165, 1.54) is 0 Å². The maximum absolute atomic E-state index is 10.8. The van der Waals surface area contributed by atoms with Crippen LogP contribution in [0.1, 0.15) is 0 Å². The Morgan fingerprint density at radius 2 is 2.00 bits per heavy atom. The molecule has 1 N–H and O–H groups in total. The number of halogens is 2. The molecule has 0 saturated heterocycles. The van der Waals surface area contributed by atoms with Crippen LogP contribution in [0.3, 0.4) is 0 Å². The molecule has 0 heterocycles. The molecule has 0 saturated carbocycles. The Bertz CT molecular complexity index is 303. The van der Waals surface area contributed by atoms with Gasteiger partial charge in [-0.2, -0.15) is 0 Å². The molecule has 0 aromatic heterocycles. The van der Waals surface area contributed by atoms with Crippen molar-refractivity contribution in [3.05, 3.63) is 27.1 Å². The van der Waals surface area contributed by atoms with Crippen molar-refractivity contribution < 1.29 is 4.89 Å². The fourth-order valence-corrected chi connectivity index (χ4v) is 2.44. The Balaban J connectivity index is 3.27. The molecular weight excluding hydrogens is 293 g/mol. The highest BCUT2D eigenvalue weighted by molar-refractivity contribution is 9.13. The topological polar surface area (TPSA) is 46.9 Å². The predicted molar refractivity (Wildman–Crippen MR) is 51.1 cm³/mol. The maximum atomic E-state index is 10.8. The molecule has 0 bridgehead atoms. The van der Waals surface area contributed by atoms with Gasteiger partial charge in [-0.3, -0.25) is 0 Å². The van der Waals surface area contributed by atoms with Crippen LogP contribution in [0.25, 0.3) is 0 Å². The highest BCUT2D eigenvalue weighted by Gasteiger charge is 2.10. The monoisotopic (exact) mass is 295 g/mol. The Morgan fingerprint density at radius 1 is 1.36 bits per heavy atom. The average molecular weight is 297 g/mol. The van der Waals surface area contributed by atoms with Crippen molar-refractivity contribution in [1.82, 2.24) is 0 Å². The van der Waals surface area contributed by atoms with Gasteiger partial charge < -0.3 is 4.89 Å². The molecule has 5 heteroatoms. The zero-order chi connectivity index (χ0) is 8.43. The second-order valence-corrected chi connectivity index (χ2v) is 4.59. The number of benzene rings is 1. The SMILES string of the molecule is N=[P+]([O-])c1cccc(Br)c1Br. The minimum absolute atomic E-state index is 0.523. The first-order valence-electron chi connectivity index (χ1n) is 2.75. The van der Waals surface area contributed by atoms with Crippen LogP contribution in [0.15, 0.2) is 27.1 Å². The van der Waals surface area contributed by atoms with E-state index in [9.17, 15) is 4.89 Å². The van der Waals surface area contributed by atoms with Crippen molar-refractivity contribution >= 4 is 45.1 Å². The van der Waals surface area contributed by atoms with Gasteiger partial charge in [0.2, 0.25) is 0 Å². The third-order valence-corrected chi connectivity index (χ3v) is 4.31. The summed E-state index contributed by atoms with van der Waals surface area (Å²) in [6, 6.07) is 5.25. The van der Waals surface area contributed by atoms with Gasteiger partial charge in [-0.15, -0.1) is 5.16 Å². The first-order valence-corrected chi connectivity index (χ1v) is 5.60. The first-order chi connectivity index (χ1) is 5.13. The summed E-state index contributed by atoms with van der Waals surface area (Å²) in [6.07, 6.45) is 0. The lowest BCUT2D eigenvalue weighted by atomic mass is 10.4. The molecule has 1 aromatic carbocycles. The molecule has 0 fully saturated rings. The zero-order valence-corrected chi connectivity index (χ0v) is 9.41. The molecule has 0 aliphatic rings. The minimum Gasteiger partial charge on any atom is -0.608 e. The van der Waals surface area contributed by atoms with E-state index in [2.05, 4.69) is 31.9 Å². The van der Waals surface area contributed by atoms with Crippen LogP contribution >= 0.6 is 39.8 Å². The molecule has 0 spiro atoms. The molecule has 11 heavy (non-hydrogen) atoms. The molecule has 1 rings (SSSR count). The van der Waals surface area contributed by atoms with Gasteiger partial charge in [0, 0.05) is 4.47 Å². The summed E-state index contributed by atoms with van der Waals surface area (Å²) in [6.45, 7) is 0. The Morgan fingerprint density at radius 3 is 2.45 bits per heavy atom. The van der Waals surface area contributed by atoms with Crippen LogP contribution in [-0.4, -0.2) is 0 Å². The predicted octanol–water partition coefficient (Wildman–Crippen LogP) is 2.36. The number of hydrogen-bond acceptors (Lipinski definition) is 2. The quantitative estimate of drug-likeness (QED) is 0.795. The highest BCUT2D eigenvalue weighted by Crippen LogP contribution is 2.25. The largest absolute Gasteiger partial charge is 0.608 e. The third-order valence-electron chi connectivity index (χ3n) is 1.15. The fourth-order valence-electron chi connectivity index (χ4n) is 0.649. The number of rotatable bonds is 1. The molecule has 1 unspecified atom stereocenters. The smallest absolute Gasteiger partial charge is 0.200 e. The lowest BCUT2D eigenvalue weighted by Gasteiger charge is -1.98. The van der Waals surface area contributed by atoms with Crippen molar-refractivity contribution in [1.29, 1.82) is 5.16 Å². The van der Waals surface area contributed by atoms with Gasteiger partial charge in [0.15, 0.2) is 13.2 Å². The van der Waals surface area contributed by atoms with Crippen molar-refractivity contribution in [3.8, 4) is 0 Å². The van der Waals surface area contributed by atoms with Crippen molar-refractivity contribution in [2.24, 2.45) is 0 Å². The van der Waals surface area contributed by atoms with Gasteiger partial charge in [-0.25, -0.2) is 0 Å². The third kappa shape index (κ3) is 2.09. The summed E-state index contributed by atoms with van der Waals surface area (Å²) in [5.74, 6) is 0. The molecule has 1 aromatic rings. The second kappa shape index (κ2) is 3.76. The normalized spacial score (nSPS) is 11.4.